The number of sulfonamides is 1. The first-order chi connectivity index (χ1) is 12.5. The molecule has 0 saturated carbocycles. The van der Waals surface area contributed by atoms with Crippen molar-refractivity contribution in [2.75, 3.05) is 4.72 Å². The standard InChI is InChI=1S/C22H23NO2S/c1-3-17-10-11-18(4-2)22(16-17)26(24,25)23-21-14-12-20(13-15-21)19-8-6-5-7-9-19/h5-16,23H,3-4H2,1-2H3. The van der Waals surface area contributed by atoms with Crippen molar-refractivity contribution < 1.29 is 8.42 Å². The Morgan fingerprint density at radius 1 is 0.769 bits per heavy atom. The predicted molar refractivity (Wildman–Crippen MR) is 108 cm³/mol. The molecule has 3 rings (SSSR count). The molecule has 0 bridgehead atoms. The number of hydrogen-bond donors (Lipinski definition) is 1. The van der Waals surface area contributed by atoms with Gasteiger partial charge in [0.1, 0.15) is 0 Å². The number of anilines is 1. The maximum atomic E-state index is 12.9. The van der Waals surface area contributed by atoms with Gasteiger partial charge in [-0.05, 0) is 53.3 Å². The van der Waals surface area contributed by atoms with Crippen LogP contribution in [0.15, 0.2) is 77.7 Å². The third-order valence-electron chi connectivity index (χ3n) is 4.45. The third kappa shape index (κ3) is 3.97. The summed E-state index contributed by atoms with van der Waals surface area (Å²) in [5.74, 6) is 0. The van der Waals surface area contributed by atoms with E-state index in [0.29, 0.717) is 17.0 Å². The summed E-state index contributed by atoms with van der Waals surface area (Å²) in [6, 6.07) is 23.1. The Labute approximate surface area is 155 Å². The van der Waals surface area contributed by atoms with Crippen LogP contribution in [0, 0.1) is 0 Å². The van der Waals surface area contributed by atoms with E-state index in [0.717, 1.165) is 28.7 Å². The highest BCUT2D eigenvalue weighted by atomic mass is 32.2. The molecule has 0 aliphatic rings. The van der Waals surface area contributed by atoms with Crippen molar-refractivity contribution in [1.82, 2.24) is 0 Å². The Hall–Kier alpha value is -2.59. The Balaban J connectivity index is 1.88. The number of benzene rings is 3. The molecule has 0 unspecified atom stereocenters. The maximum absolute atomic E-state index is 12.9. The zero-order chi connectivity index (χ0) is 18.6. The van der Waals surface area contributed by atoms with Crippen LogP contribution in [0.2, 0.25) is 0 Å². The van der Waals surface area contributed by atoms with E-state index in [-0.39, 0.29) is 0 Å². The van der Waals surface area contributed by atoms with Gasteiger partial charge in [0, 0.05) is 5.69 Å². The van der Waals surface area contributed by atoms with Crippen molar-refractivity contribution in [3.05, 3.63) is 83.9 Å². The summed E-state index contributed by atoms with van der Waals surface area (Å²) in [4.78, 5) is 0.367. The highest BCUT2D eigenvalue weighted by molar-refractivity contribution is 7.92. The second-order valence-corrected chi connectivity index (χ2v) is 7.85. The highest BCUT2D eigenvalue weighted by Crippen LogP contribution is 2.25. The Bertz CT molecular complexity index is 978. The minimum atomic E-state index is -3.62. The molecule has 4 heteroatoms. The average Bonchev–Trinajstić information content (AvgIpc) is 2.68. The molecular weight excluding hydrogens is 342 g/mol. The normalized spacial score (nSPS) is 11.3. The summed E-state index contributed by atoms with van der Waals surface area (Å²) in [7, 11) is -3.62. The molecule has 0 saturated heterocycles. The van der Waals surface area contributed by atoms with Crippen LogP contribution in [0.4, 0.5) is 5.69 Å². The summed E-state index contributed by atoms with van der Waals surface area (Å²) in [5, 5.41) is 0. The fourth-order valence-corrected chi connectivity index (χ4v) is 4.35. The Kier molecular flexibility index (Phi) is 5.43. The van der Waals surface area contributed by atoms with E-state index in [2.05, 4.69) is 4.72 Å². The summed E-state index contributed by atoms with van der Waals surface area (Å²) in [6.07, 6.45) is 1.48. The molecule has 0 spiro atoms. The quantitative estimate of drug-likeness (QED) is 0.646. The van der Waals surface area contributed by atoms with E-state index in [1.54, 1.807) is 18.2 Å². The first kappa shape index (κ1) is 18.2. The lowest BCUT2D eigenvalue weighted by Crippen LogP contribution is -2.15. The van der Waals surface area contributed by atoms with Crippen molar-refractivity contribution in [2.24, 2.45) is 0 Å². The molecule has 0 heterocycles. The van der Waals surface area contributed by atoms with Crippen molar-refractivity contribution in [3.63, 3.8) is 0 Å². The number of nitrogens with one attached hydrogen (secondary N) is 1. The van der Waals surface area contributed by atoms with Crippen LogP contribution < -0.4 is 4.72 Å². The van der Waals surface area contributed by atoms with Gasteiger partial charge in [0.2, 0.25) is 0 Å². The van der Waals surface area contributed by atoms with Gasteiger partial charge in [-0.1, -0.05) is 68.4 Å². The van der Waals surface area contributed by atoms with Gasteiger partial charge in [-0.2, -0.15) is 0 Å². The largest absolute Gasteiger partial charge is 0.280 e. The third-order valence-corrected chi connectivity index (χ3v) is 5.92. The zero-order valence-corrected chi connectivity index (χ0v) is 15.9. The van der Waals surface area contributed by atoms with Crippen molar-refractivity contribution in [1.29, 1.82) is 0 Å². The van der Waals surface area contributed by atoms with Crippen molar-refractivity contribution >= 4 is 15.7 Å². The second kappa shape index (κ2) is 7.75. The number of aryl methyl sites for hydroxylation is 2. The molecule has 0 radical (unpaired) electrons. The number of hydrogen-bond acceptors (Lipinski definition) is 2. The zero-order valence-electron chi connectivity index (χ0n) is 15.1. The highest BCUT2D eigenvalue weighted by Gasteiger charge is 2.18. The fraction of sp³-hybridized carbons (Fsp3) is 0.182. The molecular formula is C22H23NO2S. The summed E-state index contributed by atoms with van der Waals surface area (Å²) >= 11 is 0. The van der Waals surface area contributed by atoms with E-state index in [1.165, 1.54) is 0 Å². The maximum Gasteiger partial charge on any atom is 0.262 e. The Morgan fingerprint density at radius 2 is 1.42 bits per heavy atom. The molecule has 0 fully saturated rings. The van der Waals surface area contributed by atoms with Gasteiger partial charge in [0.25, 0.3) is 10.0 Å². The first-order valence-corrected chi connectivity index (χ1v) is 10.3. The molecule has 0 aliphatic heterocycles. The van der Waals surface area contributed by atoms with E-state index in [1.807, 2.05) is 68.4 Å². The van der Waals surface area contributed by atoms with Gasteiger partial charge in [-0.3, -0.25) is 4.72 Å². The molecule has 0 aliphatic carbocycles. The minimum absolute atomic E-state index is 0.367. The fourth-order valence-electron chi connectivity index (χ4n) is 2.93. The molecule has 1 N–H and O–H groups in total. The molecule has 3 nitrogen and oxygen atoms in total. The molecule has 3 aromatic carbocycles. The van der Waals surface area contributed by atoms with Crippen LogP contribution in [0.5, 0.6) is 0 Å². The first-order valence-electron chi connectivity index (χ1n) is 8.83. The van der Waals surface area contributed by atoms with Gasteiger partial charge in [0.05, 0.1) is 4.90 Å². The van der Waals surface area contributed by atoms with Gasteiger partial charge in [0.15, 0.2) is 0 Å². The van der Waals surface area contributed by atoms with Crippen LogP contribution in [-0.2, 0) is 22.9 Å². The van der Waals surface area contributed by atoms with E-state index in [9.17, 15) is 8.42 Å². The molecule has 3 aromatic rings. The summed E-state index contributed by atoms with van der Waals surface area (Å²) < 4.78 is 28.5. The monoisotopic (exact) mass is 365 g/mol. The predicted octanol–water partition coefficient (Wildman–Crippen LogP) is 5.28. The van der Waals surface area contributed by atoms with Gasteiger partial charge < -0.3 is 0 Å². The lowest BCUT2D eigenvalue weighted by atomic mass is 10.1. The average molecular weight is 365 g/mol. The van der Waals surface area contributed by atoms with Gasteiger partial charge in [-0.25, -0.2) is 8.42 Å². The van der Waals surface area contributed by atoms with Crippen LogP contribution in [0.1, 0.15) is 25.0 Å². The van der Waals surface area contributed by atoms with Crippen molar-refractivity contribution in [2.45, 2.75) is 31.6 Å². The summed E-state index contributed by atoms with van der Waals surface area (Å²) in [6.45, 7) is 3.99. The molecule has 0 amide bonds. The van der Waals surface area contributed by atoms with E-state index < -0.39 is 10.0 Å². The SMILES string of the molecule is CCc1ccc(CC)c(S(=O)(=O)Nc2ccc(-c3ccccc3)cc2)c1. The molecule has 0 atom stereocenters. The van der Waals surface area contributed by atoms with Gasteiger partial charge >= 0.3 is 0 Å². The van der Waals surface area contributed by atoms with Crippen LogP contribution in [0.3, 0.4) is 0 Å². The van der Waals surface area contributed by atoms with Crippen LogP contribution in [0.25, 0.3) is 11.1 Å². The lowest BCUT2D eigenvalue weighted by molar-refractivity contribution is 0.600. The van der Waals surface area contributed by atoms with E-state index in [4.69, 9.17) is 0 Å². The number of rotatable bonds is 6. The smallest absolute Gasteiger partial charge is 0.262 e. The van der Waals surface area contributed by atoms with Crippen molar-refractivity contribution in [3.8, 4) is 11.1 Å². The lowest BCUT2D eigenvalue weighted by Gasteiger charge is -2.13. The minimum Gasteiger partial charge on any atom is -0.280 e. The second-order valence-electron chi connectivity index (χ2n) is 6.20. The summed E-state index contributed by atoms with van der Waals surface area (Å²) in [5.41, 5.74) is 4.56. The molecule has 26 heavy (non-hydrogen) atoms. The topological polar surface area (TPSA) is 46.2 Å². The molecule has 0 aromatic heterocycles. The van der Waals surface area contributed by atoms with Crippen LogP contribution >= 0.6 is 0 Å². The van der Waals surface area contributed by atoms with E-state index >= 15 is 0 Å². The van der Waals surface area contributed by atoms with Crippen LogP contribution in [-0.4, -0.2) is 8.42 Å². The Morgan fingerprint density at radius 3 is 2.04 bits per heavy atom. The van der Waals surface area contributed by atoms with Gasteiger partial charge in [-0.15, -0.1) is 0 Å². The molecule has 134 valence electrons.